The van der Waals surface area contributed by atoms with Gasteiger partial charge < -0.3 is 9.47 Å². The number of ether oxygens (including phenoxy) is 2. The first kappa shape index (κ1) is 31.1. The van der Waals surface area contributed by atoms with Crippen LogP contribution in [0.2, 0.25) is 0 Å². The summed E-state index contributed by atoms with van der Waals surface area (Å²) in [6.45, 7) is 0. The number of hydrogen-bond acceptors (Lipinski definition) is 6. The van der Waals surface area contributed by atoms with Crippen LogP contribution in [0.1, 0.15) is 25.7 Å². The van der Waals surface area contributed by atoms with Gasteiger partial charge in [-0.05, 0) is 106 Å². The van der Waals surface area contributed by atoms with Crippen LogP contribution < -0.4 is 4.74 Å². The zero-order valence-electron chi connectivity index (χ0n) is 17.1. The molecule has 2 rings (SSSR count). The zero-order chi connectivity index (χ0) is 27.0. The van der Waals surface area contributed by atoms with E-state index in [0.717, 1.165) is 3.57 Å². The van der Waals surface area contributed by atoms with E-state index in [1.165, 1.54) is 0 Å². The Kier molecular flexibility index (Phi) is 10.0. The highest BCUT2D eigenvalue weighted by Gasteiger charge is 2.76. The lowest BCUT2D eigenvalue weighted by atomic mass is 9.82. The highest BCUT2D eigenvalue weighted by molar-refractivity contribution is 14.1. The van der Waals surface area contributed by atoms with Crippen LogP contribution in [0.15, 0.2) is 12.1 Å². The summed E-state index contributed by atoms with van der Waals surface area (Å²) in [6, 6.07) is 3.53. The fourth-order valence-corrected chi connectivity index (χ4v) is 8.06. The normalized spacial score (nSPS) is 19.8. The zero-order valence-corrected chi connectivity index (χ0v) is 24.3. The average Bonchev–Trinajstić information content (AvgIpc) is 2.67. The van der Waals surface area contributed by atoms with Gasteiger partial charge in [0.05, 0.1) is 19.0 Å². The van der Waals surface area contributed by atoms with Crippen molar-refractivity contribution >= 4 is 89.8 Å². The first-order valence-corrected chi connectivity index (χ1v) is 14.3. The van der Waals surface area contributed by atoms with Crippen molar-refractivity contribution in [1.82, 2.24) is 0 Å². The van der Waals surface area contributed by atoms with Crippen molar-refractivity contribution in [2.24, 2.45) is 11.8 Å². The molecule has 1 saturated carbocycles. The number of carbonyl (C=O) groups is 2. The van der Waals surface area contributed by atoms with Crippen LogP contribution in [-0.4, -0.2) is 48.6 Å². The summed E-state index contributed by atoms with van der Waals surface area (Å²) < 4.78 is 122. The Labute approximate surface area is 236 Å². The van der Waals surface area contributed by atoms with Crippen LogP contribution in [0.4, 0.5) is 26.3 Å². The minimum Gasteiger partial charge on any atom is -0.438 e. The third kappa shape index (κ3) is 7.68. The van der Waals surface area contributed by atoms with Gasteiger partial charge >= 0.3 is 29.9 Å². The second kappa shape index (κ2) is 11.3. The Hall–Kier alpha value is -0.160. The molecule has 0 atom stereocenters. The summed E-state index contributed by atoms with van der Waals surface area (Å²) in [7, 11) is -5.86. The number of rotatable bonds is 6. The van der Waals surface area contributed by atoms with Gasteiger partial charge in [0.15, 0.2) is 5.75 Å². The highest BCUT2D eigenvalue weighted by Crippen LogP contribution is 2.48. The van der Waals surface area contributed by atoms with Crippen LogP contribution in [0.5, 0.6) is 5.75 Å². The summed E-state index contributed by atoms with van der Waals surface area (Å²) in [6.07, 6.45) is -13.5. The lowest BCUT2D eigenvalue weighted by molar-refractivity contribution is -0.362. The number of carbonyl (C=O) groups excluding carboxylic acids is 2. The monoisotopic (exact) mass is 870 g/mol. The van der Waals surface area contributed by atoms with Gasteiger partial charge in [-0.3, -0.25) is 14.1 Å². The lowest BCUT2D eigenvalue weighted by Crippen LogP contribution is -2.63. The molecule has 7 nitrogen and oxygen atoms in total. The maximum absolute atomic E-state index is 13.4. The predicted octanol–water partition coefficient (Wildman–Crippen LogP) is 5.51. The van der Waals surface area contributed by atoms with Crippen LogP contribution in [-0.2, 0) is 24.4 Å². The molecule has 17 heteroatoms. The average molecular weight is 870 g/mol. The Morgan fingerprint density at radius 3 is 1.66 bits per heavy atom. The smallest absolute Gasteiger partial charge is 0.438 e. The summed E-state index contributed by atoms with van der Waals surface area (Å²) in [5.41, 5.74) is -5.45. The first-order chi connectivity index (χ1) is 15.8. The van der Waals surface area contributed by atoms with Crippen molar-refractivity contribution in [3.8, 4) is 5.75 Å². The van der Waals surface area contributed by atoms with E-state index in [1.54, 1.807) is 12.1 Å². The number of esters is 2. The fraction of sp³-hybridized carbons (Fsp3) is 0.556. The molecule has 1 fully saturated rings. The molecule has 0 aromatic heterocycles. The largest absolute Gasteiger partial charge is 0.438 e. The van der Waals surface area contributed by atoms with Crippen LogP contribution in [0.25, 0.3) is 0 Å². The molecule has 1 aliphatic carbocycles. The van der Waals surface area contributed by atoms with E-state index in [0.29, 0.717) is 12.9 Å². The van der Waals surface area contributed by atoms with Crippen molar-refractivity contribution in [3.05, 3.63) is 22.8 Å². The van der Waals surface area contributed by atoms with Gasteiger partial charge in [-0.2, -0.15) is 34.8 Å². The van der Waals surface area contributed by atoms with Gasteiger partial charge in [0.2, 0.25) is 0 Å². The van der Waals surface area contributed by atoms with Gasteiger partial charge in [0.1, 0.15) is 5.75 Å². The summed E-state index contributed by atoms with van der Waals surface area (Å²) >= 11 is 6.02. The molecule has 35 heavy (non-hydrogen) atoms. The lowest BCUT2D eigenvalue weighted by Gasteiger charge is -2.37. The van der Waals surface area contributed by atoms with E-state index in [-0.39, 0.29) is 25.7 Å². The summed E-state index contributed by atoms with van der Waals surface area (Å²) in [4.78, 5) is 24.8. The van der Waals surface area contributed by atoms with Crippen LogP contribution in [0.3, 0.4) is 0 Å². The van der Waals surface area contributed by atoms with Crippen molar-refractivity contribution in [2.45, 2.75) is 43.6 Å². The van der Waals surface area contributed by atoms with Gasteiger partial charge in [-0.15, -0.1) is 0 Å². The van der Waals surface area contributed by atoms with Gasteiger partial charge in [0, 0.05) is 3.57 Å². The minimum atomic E-state index is -6.39. The molecule has 0 saturated heterocycles. The topological polar surface area (TPSA) is 107 Å². The third-order valence-electron chi connectivity index (χ3n) is 5.14. The van der Waals surface area contributed by atoms with E-state index in [2.05, 4.69) is 27.3 Å². The maximum Gasteiger partial charge on any atom is 0.438 e. The molecular formula is C18H15F6I3O7S. The molecule has 0 heterocycles. The van der Waals surface area contributed by atoms with Crippen molar-refractivity contribution in [1.29, 1.82) is 0 Å². The van der Waals surface area contributed by atoms with Crippen molar-refractivity contribution < 1.29 is 58.4 Å². The van der Waals surface area contributed by atoms with Crippen molar-refractivity contribution in [3.63, 3.8) is 0 Å². The number of halogens is 9. The van der Waals surface area contributed by atoms with E-state index in [9.17, 15) is 44.3 Å². The molecule has 0 bridgehead atoms. The Morgan fingerprint density at radius 1 is 0.886 bits per heavy atom. The molecule has 1 aromatic rings. The minimum absolute atomic E-state index is 0.0839. The highest BCUT2D eigenvalue weighted by atomic mass is 127. The molecule has 0 radical (unpaired) electrons. The molecule has 1 N–H and O–H groups in total. The number of benzene rings is 1. The van der Waals surface area contributed by atoms with Crippen LogP contribution >= 0.6 is 67.8 Å². The van der Waals surface area contributed by atoms with Crippen LogP contribution in [0, 0.1) is 22.5 Å². The molecule has 1 aliphatic rings. The maximum atomic E-state index is 13.4. The summed E-state index contributed by atoms with van der Waals surface area (Å²) in [5.74, 6) is -7.45. The molecule has 0 unspecified atom stereocenters. The van der Waals surface area contributed by atoms with Gasteiger partial charge in [-0.25, -0.2) is 0 Å². The Morgan fingerprint density at radius 2 is 1.29 bits per heavy atom. The molecule has 0 spiro atoms. The molecule has 0 aliphatic heterocycles. The third-order valence-corrected chi connectivity index (χ3v) is 8.13. The second-order valence-electron chi connectivity index (χ2n) is 7.64. The van der Waals surface area contributed by atoms with E-state index in [1.807, 2.05) is 45.2 Å². The number of alkyl halides is 6. The van der Waals surface area contributed by atoms with Gasteiger partial charge in [0.25, 0.3) is 10.1 Å². The first-order valence-electron chi connectivity index (χ1n) is 9.45. The van der Waals surface area contributed by atoms with E-state index < -0.39 is 57.6 Å². The van der Waals surface area contributed by atoms with Crippen molar-refractivity contribution in [2.75, 3.05) is 5.75 Å². The molecule has 1 aromatic carbocycles. The molecule has 198 valence electrons. The standard InChI is InChI=1S/C18H15F6I3O7S/c19-17(20,21)16(18(22,23)24,7-35(30,31)32)34-15(29)9-3-1-8(2-4-9)14(28)33-13-11(26)5-10(25)6-12(13)27/h5-6,8-9H,1-4,7H2,(H,30,31,32). The fourth-order valence-electron chi connectivity index (χ4n) is 3.36. The molecule has 0 amide bonds. The summed E-state index contributed by atoms with van der Waals surface area (Å²) in [5, 5.41) is 0. The molecular weight excluding hydrogens is 855 g/mol. The Balaban J connectivity index is 2.14. The second-order valence-corrected chi connectivity index (χ2v) is 12.7. The quantitative estimate of drug-likeness (QED) is 0.132. The van der Waals surface area contributed by atoms with E-state index >= 15 is 0 Å². The Bertz CT molecular complexity index is 1050. The van der Waals surface area contributed by atoms with Gasteiger partial charge in [-0.1, -0.05) is 0 Å². The SMILES string of the molecule is O=C(Oc1c(I)cc(I)cc1I)C1CCC(C(=O)OC(CS(=O)(=O)O)(C(F)(F)F)C(F)(F)F)CC1. The van der Waals surface area contributed by atoms with E-state index in [4.69, 9.17) is 9.29 Å². The predicted molar refractivity (Wildman–Crippen MR) is 133 cm³/mol. The number of hydrogen-bond donors (Lipinski definition) is 1.